The van der Waals surface area contributed by atoms with Gasteiger partial charge in [0.15, 0.2) is 0 Å². The Hall–Kier alpha value is -2.43. The van der Waals surface area contributed by atoms with Crippen molar-refractivity contribution in [1.29, 1.82) is 0 Å². The van der Waals surface area contributed by atoms with Crippen LogP contribution in [0.2, 0.25) is 0 Å². The highest BCUT2D eigenvalue weighted by molar-refractivity contribution is 5.78. The van der Waals surface area contributed by atoms with Gasteiger partial charge >= 0.3 is 0 Å². The third-order valence-corrected chi connectivity index (χ3v) is 5.68. The second kappa shape index (κ2) is 6.14. The van der Waals surface area contributed by atoms with Crippen molar-refractivity contribution in [2.45, 2.75) is 51.6 Å². The van der Waals surface area contributed by atoms with E-state index in [2.05, 4.69) is 48.1 Å². The fourth-order valence-electron chi connectivity index (χ4n) is 4.31. The summed E-state index contributed by atoms with van der Waals surface area (Å²) in [6.45, 7) is 5.32. The van der Waals surface area contributed by atoms with Crippen molar-refractivity contribution in [2.24, 2.45) is 5.92 Å². The molecule has 1 aliphatic carbocycles. The molecule has 0 fully saturated rings. The van der Waals surface area contributed by atoms with Crippen LogP contribution in [0.5, 0.6) is 0 Å². The average Bonchev–Trinajstić information content (AvgIpc) is 3.18. The van der Waals surface area contributed by atoms with Gasteiger partial charge in [0.25, 0.3) is 5.56 Å². The number of aromatic nitrogens is 2. The number of nitrogens with one attached hydrogen (secondary N) is 1. The summed E-state index contributed by atoms with van der Waals surface area (Å²) >= 11 is 0. The lowest BCUT2D eigenvalue weighted by Crippen LogP contribution is -2.27. The van der Waals surface area contributed by atoms with Gasteiger partial charge in [-0.05, 0) is 35.3 Å². The zero-order valence-electron chi connectivity index (χ0n) is 14.7. The number of hydrogen-bond donors (Lipinski definition) is 1. The molecule has 0 bridgehead atoms. The lowest BCUT2D eigenvalue weighted by molar-refractivity contribution is -0.132. The summed E-state index contributed by atoms with van der Waals surface area (Å²) < 4.78 is 0. The third kappa shape index (κ3) is 2.77. The lowest BCUT2D eigenvalue weighted by Gasteiger charge is -2.19. The quantitative estimate of drug-likeness (QED) is 0.936. The Kier molecular flexibility index (Phi) is 3.94. The van der Waals surface area contributed by atoms with E-state index in [1.807, 2.05) is 0 Å². The molecule has 1 aromatic heterocycles. The second-order valence-electron chi connectivity index (χ2n) is 7.52. The molecule has 0 unspecified atom stereocenters. The number of nitrogens with zero attached hydrogens (tertiary/aromatic N) is 2. The molecule has 0 saturated carbocycles. The average molecular weight is 337 g/mol. The first-order chi connectivity index (χ1) is 12.0. The predicted molar refractivity (Wildman–Crippen MR) is 95.1 cm³/mol. The van der Waals surface area contributed by atoms with Crippen molar-refractivity contribution >= 4 is 5.91 Å². The fourth-order valence-corrected chi connectivity index (χ4v) is 4.31. The highest BCUT2D eigenvalue weighted by atomic mass is 16.2. The molecule has 1 aliphatic heterocycles. The molecule has 0 radical (unpaired) electrons. The third-order valence-electron chi connectivity index (χ3n) is 5.68. The van der Waals surface area contributed by atoms with Gasteiger partial charge in [-0.1, -0.05) is 38.1 Å². The Balaban J connectivity index is 1.51. The number of aromatic amines is 1. The molecular weight excluding hydrogens is 314 g/mol. The number of fused-ring (bicyclic) bond motifs is 2. The maximum absolute atomic E-state index is 12.9. The zero-order valence-corrected chi connectivity index (χ0v) is 14.7. The first kappa shape index (κ1) is 16.1. The van der Waals surface area contributed by atoms with E-state index in [9.17, 15) is 9.59 Å². The van der Waals surface area contributed by atoms with Gasteiger partial charge in [-0.15, -0.1) is 0 Å². The van der Waals surface area contributed by atoms with Crippen LogP contribution in [0.25, 0.3) is 0 Å². The van der Waals surface area contributed by atoms with Gasteiger partial charge in [-0.2, -0.15) is 0 Å². The normalized spacial score (nSPS) is 21.5. The lowest BCUT2D eigenvalue weighted by atomic mass is 9.89. The van der Waals surface area contributed by atoms with Crippen molar-refractivity contribution in [2.75, 3.05) is 0 Å². The molecule has 25 heavy (non-hydrogen) atoms. The summed E-state index contributed by atoms with van der Waals surface area (Å²) in [6.07, 6.45) is 2.95. The summed E-state index contributed by atoms with van der Waals surface area (Å²) in [5, 5.41) is 0. The second-order valence-corrected chi connectivity index (χ2v) is 7.52. The molecule has 4 rings (SSSR count). The Labute approximate surface area is 147 Å². The molecule has 130 valence electrons. The largest absolute Gasteiger partial charge is 0.332 e. The van der Waals surface area contributed by atoms with Crippen molar-refractivity contribution in [3.63, 3.8) is 0 Å². The Morgan fingerprint density at radius 3 is 2.76 bits per heavy atom. The van der Waals surface area contributed by atoms with Gasteiger partial charge < -0.3 is 9.88 Å². The van der Waals surface area contributed by atoms with E-state index in [0.717, 1.165) is 12.1 Å². The van der Waals surface area contributed by atoms with Gasteiger partial charge in [0.05, 0.1) is 30.7 Å². The summed E-state index contributed by atoms with van der Waals surface area (Å²) in [4.78, 5) is 33.3. The smallest absolute Gasteiger partial charge is 0.256 e. The van der Waals surface area contributed by atoms with Gasteiger partial charge in [-0.3, -0.25) is 9.59 Å². The molecule has 1 amide bonds. The number of H-pyrrole nitrogens is 1. The van der Waals surface area contributed by atoms with Crippen LogP contribution in [-0.2, 0) is 17.9 Å². The van der Waals surface area contributed by atoms with Gasteiger partial charge in [-0.25, -0.2) is 4.98 Å². The molecule has 2 atom stereocenters. The number of hydrogen-bond acceptors (Lipinski definition) is 3. The Bertz CT molecular complexity index is 871. The van der Waals surface area contributed by atoms with E-state index < -0.39 is 0 Å². The summed E-state index contributed by atoms with van der Waals surface area (Å²) in [6, 6.07) is 8.53. The number of carbonyl (C=O) groups is 1. The van der Waals surface area contributed by atoms with E-state index in [1.165, 1.54) is 17.5 Å². The highest BCUT2D eigenvalue weighted by Crippen LogP contribution is 2.47. The van der Waals surface area contributed by atoms with Crippen LogP contribution in [0.4, 0.5) is 0 Å². The monoisotopic (exact) mass is 337 g/mol. The van der Waals surface area contributed by atoms with Crippen molar-refractivity contribution < 1.29 is 4.79 Å². The molecule has 5 heteroatoms. The minimum Gasteiger partial charge on any atom is -0.332 e. The van der Waals surface area contributed by atoms with E-state index >= 15 is 0 Å². The van der Waals surface area contributed by atoms with E-state index in [0.29, 0.717) is 36.9 Å². The maximum Gasteiger partial charge on any atom is 0.256 e. The van der Waals surface area contributed by atoms with E-state index in [4.69, 9.17) is 0 Å². The van der Waals surface area contributed by atoms with Crippen molar-refractivity contribution in [3.05, 3.63) is 63.3 Å². The van der Waals surface area contributed by atoms with Crippen LogP contribution in [0.1, 0.15) is 60.9 Å². The van der Waals surface area contributed by atoms with Crippen molar-refractivity contribution in [1.82, 2.24) is 14.9 Å². The van der Waals surface area contributed by atoms with E-state index in [-0.39, 0.29) is 17.4 Å². The Morgan fingerprint density at radius 2 is 2.04 bits per heavy atom. The maximum atomic E-state index is 12.9. The topological polar surface area (TPSA) is 66.1 Å². The van der Waals surface area contributed by atoms with Crippen molar-refractivity contribution in [3.8, 4) is 0 Å². The summed E-state index contributed by atoms with van der Waals surface area (Å²) in [5.41, 5.74) is 3.94. The standard InChI is InChI=1S/C20H23N3O2/c1-12(2)16-7-13(14-5-3-4-6-15(14)16)8-19(24)23-9-17-18(10-23)21-11-22-20(17)25/h3-6,11-13,16H,7-10H2,1-2H3,(H,21,22,25)/t13-,16+/m1/s1. The fraction of sp³-hybridized carbons (Fsp3) is 0.450. The Morgan fingerprint density at radius 1 is 1.28 bits per heavy atom. The highest BCUT2D eigenvalue weighted by Gasteiger charge is 2.35. The summed E-state index contributed by atoms with van der Waals surface area (Å²) in [5.74, 6) is 1.47. The SMILES string of the molecule is CC(C)[C@@H]1C[C@H](CC(=O)N2Cc3nc[nH]c(=O)c3C2)c2ccccc21. The number of rotatable bonds is 3. The first-order valence-corrected chi connectivity index (χ1v) is 8.96. The van der Waals surface area contributed by atoms with Crippen LogP contribution in [0.15, 0.2) is 35.4 Å². The van der Waals surface area contributed by atoms with Crippen LogP contribution in [0, 0.1) is 5.92 Å². The zero-order chi connectivity index (χ0) is 17.6. The molecular formula is C20H23N3O2. The minimum atomic E-state index is -0.133. The number of carbonyl (C=O) groups excluding carboxylic acids is 1. The van der Waals surface area contributed by atoms with Gasteiger partial charge in [0, 0.05) is 6.42 Å². The molecule has 5 nitrogen and oxygen atoms in total. The van der Waals surface area contributed by atoms with Crippen LogP contribution >= 0.6 is 0 Å². The summed E-state index contributed by atoms with van der Waals surface area (Å²) in [7, 11) is 0. The predicted octanol–water partition coefficient (Wildman–Crippen LogP) is 2.93. The molecule has 0 saturated heterocycles. The van der Waals surface area contributed by atoms with E-state index in [1.54, 1.807) is 4.90 Å². The molecule has 2 heterocycles. The number of benzene rings is 1. The van der Waals surface area contributed by atoms with Crippen LogP contribution in [-0.4, -0.2) is 20.8 Å². The first-order valence-electron chi connectivity index (χ1n) is 8.96. The van der Waals surface area contributed by atoms with Gasteiger partial charge in [0.2, 0.25) is 5.91 Å². The van der Waals surface area contributed by atoms with Gasteiger partial charge in [0.1, 0.15) is 0 Å². The molecule has 0 spiro atoms. The van der Waals surface area contributed by atoms with Crippen LogP contribution < -0.4 is 5.56 Å². The molecule has 1 N–H and O–H groups in total. The minimum absolute atomic E-state index is 0.113. The van der Waals surface area contributed by atoms with Crippen LogP contribution in [0.3, 0.4) is 0 Å². The number of amides is 1. The molecule has 1 aromatic carbocycles. The molecule has 2 aliphatic rings. The molecule has 2 aromatic rings.